The number of nitrogens with zero attached hydrogens (tertiary/aromatic N) is 1. The zero-order valence-corrected chi connectivity index (χ0v) is 17.3. The van der Waals surface area contributed by atoms with Crippen molar-refractivity contribution in [2.75, 3.05) is 31.2 Å². The molecule has 1 aliphatic heterocycles. The molecule has 1 heterocycles. The van der Waals surface area contributed by atoms with Crippen LogP contribution in [0.1, 0.15) is 37.7 Å². The molecule has 1 N–H and O–H groups in total. The molecule has 7 nitrogen and oxygen atoms in total. The minimum atomic E-state index is -3.29. The third kappa shape index (κ3) is 7.16. The second-order valence-electron chi connectivity index (χ2n) is 7.14. The number of urea groups is 1. The number of carbonyl (C=O) groups excluding carboxylic acids is 2. The smallest absolute Gasteiger partial charge is 0.324 e. The number of rotatable bonds is 12. The summed E-state index contributed by atoms with van der Waals surface area (Å²) in [6, 6.07) is 3.98. The van der Waals surface area contributed by atoms with Crippen molar-refractivity contribution in [3.63, 3.8) is 0 Å². The lowest BCUT2D eigenvalue weighted by atomic mass is 10.0. The minimum absolute atomic E-state index is 0.0391. The molecule has 0 aliphatic carbocycles. The van der Waals surface area contributed by atoms with Gasteiger partial charge in [-0.25, -0.2) is 17.6 Å². The summed E-state index contributed by atoms with van der Waals surface area (Å²) in [6.07, 6.45) is 3.26. The van der Waals surface area contributed by atoms with Crippen LogP contribution in [-0.2, 0) is 14.6 Å². The Kier molecular flexibility index (Phi) is 8.19. The van der Waals surface area contributed by atoms with Gasteiger partial charge in [-0.15, -0.1) is 0 Å². The molecule has 1 aliphatic rings. The monoisotopic (exact) mass is 426 g/mol. The summed E-state index contributed by atoms with van der Waals surface area (Å²) >= 11 is 0. The molecule has 1 saturated heterocycles. The Morgan fingerprint density at radius 2 is 2.07 bits per heavy atom. The summed E-state index contributed by atoms with van der Waals surface area (Å²) in [5, 5.41) is 2.20. The zero-order valence-electron chi connectivity index (χ0n) is 16.5. The van der Waals surface area contributed by atoms with Gasteiger partial charge in [-0.1, -0.05) is 32.1 Å². The fourth-order valence-electron chi connectivity index (χ4n) is 3.11. The Morgan fingerprint density at radius 3 is 2.72 bits per heavy atom. The molecule has 1 aromatic rings. The highest BCUT2D eigenvalue weighted by Crippen LogP contribution is 2.25. The average molecular weight is 427 g/mol. The van der Waals surface area contributed by atoms with E-state index < -0.39 is 21.7 Å². The Labute approximate surface area is 170 Å². The van der Waals surface area contributed by atoms with Gasteiger partial charge in [-0.3, -0.25) is 10.1 Å². The van der Waals surface area contributed by atoms with Crippen molar-refractivity contribution in [3.8, 4) is 5.75 Å². The molecule has 0 radical (unpaired) electrons. The van der Waals surface area contributed by atoms with Crippen molar-refractivity contribution >= 4 is 21.8 Å². The summed E-state index contributed by atoms with van der Waals surface area (Å²) in [7, 11) is -3.29. The summed E-state index contributed by atoms with van der Waals surface area (Å²) in [6.45, 7) is 5.96. The summed E-state index contributed by atoms with van der Waals surface area (Å²) in [5.41, 5.74) is 0.693. The van der Waals surface area contributed by atoms with Crippen LogP contribution in [0.4, 0.5) is 9.18 Å². The number of amides is 3. The van der Waals surface area contributed by atoms with Gasteiger partial charge >= 0.3 is 6.03 Å². The van der Waals surface area contributed by atoms with Crippen LogP contribution in [-0.4, -0.2) is 56.5 Å². The maximum atomic E-state index is 13.8. The molecule has 160 valence electrons. The summed E-state index contributed by atoms with van der Waals surface area (Å²) in [4.78, 5) is 24.0. The Morgan fingerprint density at radius 1 is 1.31 bits per heavy atom. The van der Waals surface area contributed by atoms with Gasteiger partial charge in [0.2, 0.25) is 5.91 Å². The SMILES string of the molecule is C=CCOc1cc([C@H](C)CS(=O)(=O)CCCCCN2CC(=O)NC2=O)ccc1F. The number of unbranched alkanes of at least 4 members (excludes halogenated alkanes) is 2. The number of nitrogens with one attached hydrogen (secondary N) is 1. The van der Waals surface area contributed by atoms with Gasteiger partial charge in [0, 0.05) is 6.54 Å². The Hall–Kier alpha value is -2.42. The lowest BCUT2D eigenvalue weighted by molar-refractivity contribution is -0.118. The van der Waals surface area contributed by atoms with E-state index in [1.165, 1.54) is 23.1 Å². The van der Waals surface area contributed by atoms with Gasteiger partial charge in [0.05, 0.1) is 11.5 Å². The van der Waals surface area contributed by atoms with Crippen molar-refractivity contribution in [1.29, 1.82) is 0 Å². The molecule has 0 spiro atoms. The van der Waals surface area contributed by atoms with Crippen molar-refractivity contribution in [2.45, 2.75) is 32.1 Å². The topological polar surface area (TPSA) is 92.8 Å². The van der Waals surface area contributed by atoms with E-state index in [1.54, 1.807) is 13.0 Å². The predicted molar refractivity (Wildman–Crippen MR) is 108 cm³/mol. The van der Waals surface area contributed by atoms with Crippen molar-refractivity contribution < 1.29 is 27.1 Å². The van der Waals surface area contributed by atoms with E-state index >= 15 is 0 Å². The maximum absolute atomic E-state index is 13.8. The largest absolute Gasteiger partial charge is 0.486 e. The average Bonchev–Trinajstić information content (AvgIpc) is 2.97. The maximum Gasteiger partial charge on any atom is 0.324 e. The second-order valence-corrected chi connectivity index (χ2v) is 9.37. The third-order valence-electron chi connectivity index (χ3n) is 4.64. The number of carbonyl (C=O) groups is 2. The Bertz CT molecular complexity index is 856. The number of hydrogen-bond acceptors (Lipinski definition) is 5. The fraction of sp³-hybridized carbons (Fsp3) is 0.500. The van der Waals surface area contributed by atoms with Gasteiger partial charge in [0.25, 0.3) is 0 Å². The lowest BCUT2D eigenvalue weighted by Gasteiger charge is -2.15. The van der Waals surface area contributed by atoms with E-state index in [0.717, 1.165) is 0 Å². The molecule has 2 rings (SSSR count). The van der Waals surface area contributed by atoms with Crippen LogP contribution in [0.25, 0.3) is 0 Å². The van der Waals surface area contributed by atoms with Crippen molar-refractivity contribution in [1.82, 2.24) is 10.2 Å². The van der Waals surface area contributed by atoms with Crippen LogP contribution in [0.15, 0.2) is 30.9 Å². The molecule has 1 atom stereocenters. The van der Waals surface area contributed by atoms with Gasteiger partial charge < -0.3 is 9.64 Å². The highest BCUT2D eigenvalue weighted by atomic mass is 32.2. The molecule has 1 fully saturated rings. The normalized spacial score (nSPS) is 15.3. The fourth-order valence-corrected chi connectivity index (χ4v) is 4.88. The molecule has 0 unspecified atom stereocenters. The second kappa shape index (κ2) is 10.4. The van der Waals surface area contributed by atoms with Crippen molar-refractivity contribution in [2.24, 2.45) is 0 Å². The van der Waals surface area contributed by atoms with Gasteiger partial charge in [-0.2, -0.15) is 0 Å². The minimum Gasteiger partial charge on any atom is -0.486 e. The molecular formula is C20H27FN2O5S. The van der Waals surface area contributed by atoms with Crippen LogP contribution in [0.2, 0.25) is 0 Å². The molecule has 3 amide bonds. The van der Waals surface area contributed by atoms with E-state index in [1.807, 2.05) is 0 Å². The number of hydrogen-bond donors (Lipinski definition) is 1. The molecule has 0 saturated carbocycles. The van der Waals surface area contributed by atoms with E-state index in [2.05, 4.69) is 11.9 Å². The molecule has 9 heteroatoms. The van der Waals surface area contributed by atoms with Crippen LogP contribution < -0.4 is 10.1 Å². The number of halogens is 1. The number of sulfone groups is 1. The van der Waals surface area contributed by atoms with E-state index in [-0.39, 0.29) is 42.2 Å². The Balaban J connectivity index is 1.78. The lowest BCUT2D eigenvalue weighted by Crippen LogP contribution is -2.29. The van der Waals surface area contributed by atoms with Crippen LogP contribution >= 0.6 is 0 Å². The number of ether oxygens (including phenoxy) is 1. The first-order valence-corrected chi connectivity index (χ1v) is 11.4. The highest BCUT2D eigenvalue weighted by Gasteiger charge is 2.25. The van der Waals surface area contributed by atoms with Gasteiger partial charge in [0.1, 0.15) is 13.2 Å². The van der Waals surface area contributed by atoms with E-state index in [0.29, 0.717) is 31.4 Å². The quantitative estimate of drug-likeness (QED) is 0.315. The van der Waals surface area contributed by atoms with E-state index in [4.69, 9.17) is 4.74 Å². The number of imide groups is 1. The van der Waals surface area contributed by atoms with Crippen LogP contribution in [0.3, 0.4) is 0 Å². The molecular weight excluding hydrogens is 399 g/mol. The molecule has 1 aromatic carbocycles. The predicted octanol–water partition coefficient (Wildman–Crippen LogP) is 2.63. The highest BCUT2D eigenvalue weighted by molar-refractivity contribution is 7.91. The first-order chi connectivity index (χ1) is 13.7. The van der Waals surface area contributed by atoms with Crippen LogP contribution in [0, 0.1) is 5.82 Å². The van der Waals surface area contributed by atoms with E-state index in [9.17, 15) is 22.4 Å². The number of benzene rings is 1. The first-order valence-electron chi connectivity index (χ1n) is 9.54. The van der Waals surface area contributed by atoms with Gasteiger partial charge in [-0.05, 0) is 36.5 Å². The third-order valence-corrected chi connectivity index (χ3v) is 6.55. The summed E-state index contributed by atoms with van der Waals surface area (Å²) < 4.78 is 43.9. The molecule has 29 heavy (non-hydrogen) atoms. The van der Waals surface area contributed by atoms with Gasteiger partial charge in [0.15, 0.2) is 21.4 Å². The van der Waals surface area contributed by atoms with Crippen LogP contribution in [0.5, 0.6) is 5.75 Å². The van der Waals surface area contributed by atoms with Crippen molar-refractivity contribution in [3.05, 3.63) is 42.2 Å². The first kappa shape index (κ1) is 22.9. The molecule has 0 aromatic heterocycles. The molecule has 0 bridgehead atoms. The zero-order chi connectivity index (χ0) is 21.4. The standard InChI is InChI=1S/C20H27FN2O5S/c1-3-10-28-18-12-16(7-8-17(18)21)15(2)14-29(26,27)11-6-4-5-9-23-13-19(24)22-20(23)25/h3,7-8,12,15H,1,4-6,9-11,13-14H2,2H3,(H,22,24,25)/t15-/m1/s1. The summed E-state index contributed by atoms with van der Waals surface area (Å²) in [5.74, 6) is -1.03.